The Labute approximate surface area is 70.8 Å². The third-order valence-electron chi connectivity index (χ3n) is 1.70. The van der Waals surface area contributed by atoms with Crippen LogP contribution in [-0.2, 0) is 12.4 Å². The van der Waals surface area contributed by atoms with Gasteiger partial charge in [0.15, 0.2) is 0 Å². The third kappa shape index (κ3) is 1.65. The van der Waals surface area contributed by atoms with Crippen molar-refractivity contribution >= 4 is 7.28 Å². The maximum atomic E-state index is 12.9. The molecule has 0 amide bonds. The fourth-order valence-electron chi connectivity index (χ4n) is 0.875. The lowest BCUT2D eigenvalue weighted by Crippen LogP contribution is -2.18. The van der Waals surface area contributed by atoms with Gasteiger partial charge in [-0.05, 0) is 6.92 Å². The summed E-state index contributed by atoms with van der Waals surface area (Å²) in [6.07, 6.45) is 2.56. The topological polar surface area (TPSA) is 17.8 Å². The van der Waals surface area contributed by atoms with Crippen molar-refractivity contribution in [1.82, 2.24) is 9.78 Å². The first-order valence-corrected chi connectivity index (χ1v) is 3.81. The first-order valence-electron chi connectivity index (χ1n) is 3.81. The van der Waals surface area contributed by atoms with E-state index in [2.05, 4.69) is 5.10 Å². The minimum Gasteiger partial charge on any atom is -0.273 e. The molecular formula is C7H10BF2N2. The SMILES string of the molecule is C[B]C(F)(F)c1cnn(CC)c1. The summed E-state index contributed by atoms with van der Waals surface area (Å²) in [7, 11) is 0.865. The first-order chi connectivity index (χ1) is 5.60. The molecule has 5 heteroatoms. The molecule has 0 aromatic carbocycles. The molecule has 0 N–H and O–H groups in total. The molecule has 0 saturated heterocycles. The second-order valence-corrected chi connectivity index (χ2v) is 2.50. The summed E-state index contributed by atoms with van der Waals surface area (Å²) in [6.45, 7) is 3.80. The number of rotatable bonds is 3. The lowest BCUT2D eigenvalue weighted by atomic mass is 9.71. The number of nitrogens with zero attached hydrogens (tertiary/aromatic N) is 2. The molecule has 1 aromatic rings. The normalized spacial score (nSPS) is 11.7. The van der Waals surface area contributed by atoms with Gasteiger partial charge in [-0.15, -0.1) is 0 Å². The lowest BCUT2D eigenvalue weighted by Gasteiger charge is -2.09. The van der Waals surface area contributed by atoms with Crippen molar-refractivity contribution in [2.75, 3.05) is 0 Å². The molecule has 0 saturated carbocycles. The van der Waals surface area contributed by atoms with Crippen molar-refractivity contribution in [1.29, 1.82) is 0 Å². The molecule has 1 heterocycles. The monoisotopic (exact) mass is 171 g/mol. The second-order valence-electron chi connectivity index (χ2n) is 2.50. The van der Waals surface area contributed by atoms with Crippen molar-refractivity contribution in [3.8, 4) is 0 Å². The minimum atomic E-state index is -2.85. The van der Waals surface area contributed by atoms with Gasteiger partial charge in [-0.1, -0.05) is 6.82 Å². The van der Waals surface area contributed by atoms with E-state index in [9.17, 15) is 8.78 Å². The molecule has 0 spiro atoms. The van der Waals surface area contributed by atoms with E-state index < -0.39 is 5.82 Å². The number of hydrogen-bond acceptors (Lipinski definition) is 1. The van der Waals surface area contributed by atoms with Gasteiger partial charge in [-0.2, -0.15) is 5.10 Å². The molecule has 12 heavy (non-hydrogen) atoms. The van der Waals surface area contributed by atoms with Crippen molar-refractivity contribution in [2.45, 2.75) is 26.1 Å². The molecule has 0 aliphatic rings. The highest BCUT2D eigenvalue weighted by Crippen LogP contribution is 2.25. The molecule has 0 bridgehead atoms. The van der Waals surface area contributed by atoms with E-state index in [0.29, 0.717) is 6.54 Å². The van der Waals surface area contributed by atoms with E-state index in [1.54, 1.807) is 0 Å². The van der Waals surface area contributed by atoms with Crippen LogP contribution in [0.2, 0.25) is 6.82 Å². The van der Waals surface area contributed by atoms with Gasteiger partial charge in [-0.25, -0.2) is 8.78 Å². The van der Waals surface area contributed by atoms with E-state index >= 15 is 0 Å². The molecule has 1 radical (unpaired) electrons. The molecule has 2 nitrogen and oxygen atoms in total. The van der Waals surface area contributed by atoms with E-state index in [1.807, 2.05) is 6.92 Å². The van der Waals surface area contributed by atoms with Gasteiger partial charge in [0.05, 0.1) is 6.20 Å². The molecule has 65 valence electrons. The standard InChI is InChI=1S/C7H10BF2N2/c1-3-12-5-6(4-11-12)7(9,10)8-2/h4-5H,3H2,1-2H3. The molecule has 0 atom stereocenters. The smallest absolute Gasteiger partial charge is 0.234 e. The zero-order chi connectivity index (χ0) is 9.19. The van der Waals surface area contributed by atoms with Crippen molar-refractivity contribution in [3.63, 3.8) is 0 Å². The van der Waals surface area contributed by atoms with Gasteiger partial charge in [-0.3, -0.25) is 4.68 Å². The number of alkyl halides is 2. The maximum Gasteiger partial charge on any atom is 0.234 e. The Hall–Kier alpha value is -0.865. The van der Waals surface area contributed by atoms with Crippen LogP contribution in [0.1, 0.15) is 12.5 Å². The van der Waals surface area contributed by atoms with E-state index in [4.69, 9.17) is 0 Å². The van der Waals surface area contributed by atoms with Gasteiger partial charge in [0, 0.05) is 18.3 Å². The summed E-state index contributed by atoms with van der Waals surface area (Å²) >= 11 is 0. The second kappa shape index (κ2) is 3.25. The van der Waals surface area contributed by atoms with Crippen LogP contribution >= 0.6 is 0 Å². The highest BCUT2D eigenvalue weighted by molar-refractivity contribution is 6.36. The maximum absolute atomic E-state index is 12.9. The third-order valence-corrected chi connectivity index (χ3v) is 1.70. The summed E-state index contributed by atoms with van der Waals surface area (Å²) in [5, 5.41) is 3.77. The lowest BCUT2D eigenvalue weighted by molar-refractivity contribution is 0.0898. The van der Waals surface area contributed by atoms with Crippen LogP contribution < -0.4 is 0 Å². The van der Waals surface area contributed by atoms with Gasteiger partial charge < -0.3 is 0 Å². The Balaban J connectivity index is 2.88. The van der Waals surface area contributed by atoms with Crippen LogP contribution in [0.15, 0.2) is 12.4 Å². The van der Waals surface area contributed by atoms with Crippen LogP contribution in [0.3, 0.4) is 0 Å². The van der Waals surface area contributed by atoms with E-state index in [0.717, 1.165) is 7.28 Å². The molecule has 0 fully saturated rings. The van der Waals surface area contributed by atoms with E-state index in [1.165, 1.54) is 23.9 Å². The summed E-state index contributed by atoms with van der Waals surface area (Å²) in [5.41, 5.74) is -0.0492. The average Bonchev–Trinajstić information content (AvgIpc) is 2.52. The van der Waals surface area contributed by atoms with Gasteiger partial charge in [0.2, 0.25) is 13.1 Å². The average molecular weight is 171 g/mol. The van der Waals surface area contributed by atoms with Crippen LogP contribution in [0.5, 0.6) is 0 Å². The van der Waals surface area contributed by atoms with Crippen LogP contribution in [0.25, 0.3) is 0 Å². The predicted octanol–water partition coefficient (Wildman–Crippen LogP) is 1.70. The Kier molecular flexibility index (Phi) is 2.50. The van der Waals surface area contributed by atoms with Crippen molar-refractivity contribution in [3.05, 3.63) is 18.0 Å². The molecule has 0 aliphatic heterocycles. The first kappa shape index (κ1) is 9.22. The Morgan fingerprint density at radius 1 is 1.67 bits per heavy atom. The van der Waals surface area contributed by atoms with Crippen LogP contribution in [-0.4, -0.2) is 17.1 Å². The van der Waals surface area contributed by atoms with Gasteiger partial charge >= 0.3 is 0 Å². The van der Waals surface area contributed by atoms with Crippen molar-refractivity contribution in [2.24, 2.45) is 0 Å². The number of hydrogen-bond donors (Lipinski definition) is 0. The predicted molar refractivity (Wildman–Crippen MR) is 43.4 cm³/mol. The minimum absolute atomic E-state index is 0.0492. The van der Waals surface area contributed by atoms with Gasteiger partial charge in [0.1, 0.15) is 0 Å². The quantitative estimate of drug-likeness (QED) is 0.632. The molecule has 0 aliphatic carbocycles. The number of halogens is 2. The highest BCUT2D eigenvalue weighted by atomic mass is 19.3. The highest BCUT2D eigenvalue weighted by Gasteiger charge is 2.30. The fraction of sp³-hybridized carbons (Fsp3) is 0.571. The molecule has 1 aromatic heterocycles. The Morgan fingerprint density at radius 2 is 2.33 bits per heavy atom. The van der Waals surface area contributed by atoms with Gasteiger partial charge in [0.25, 0.3) is 0 Å². The Bertz CT molecular complexity index is 260. The number of aromatic nitrogens is 2. The summed E-state index contributed by atoms with van der Waals surface area (Å²) in [5.74, 6) is -2.85. The molecule has 0 unspecified atom stereocenters. The largest absolute Gasteiger partial charge is 0.273 e. The zero-order valence-electron chi connectivity index (χ0n) is 7.09. The zero-order valence-corrected chi connectivity index (χ0v) is 7.09. The molecule has 1 rings (SSSR count). The summed E-state index contributed by atoms with van der Waals surface area (Å²) in [6, 6.07) is 0. The molecular weight excluding hydrogens is 161 g/mol. The number of aryl methyl sites for hydroxylation is 1. The summed E-state index contributed by atoms with van der Waals surface area (Å²) < 4.78 is 27.3. The summed E-state index contributed by atoms with van der Waals surface area (Å²) in [4.78, 5) is 0. The van der Waals surface area contributed by atoms with Crippen LogP contribution in [0.4, 0.5) is 8.78 Å². The Morgan fingerprint density at radius 3 is 2.75 bits per heavy atom. The van der Waals surface area contributed by atoms with Crippen LogP contribution in [0, 0.1) is 0 Å². The van der Waals surface area contributed by atoms with Crippen molar-refractivity contribution < 1.29 is 8.78 Å². The van der Waals surface area contributed by atoms with E-state index in [-0.39, 0.29) is 5.56 Å². The fourth-order valence-corrected chi connectivity index (χ4v) is 0.875.